The molecule has 0 bridgehead atoms. The van der Waals surface area contributed by atoms with Crippen LogP contribution in [0.1, 0.15) is 32.3 Å². The van der Waals surface area contributed by atoms with Crippen molar-refractivity contribution in [2.24, 2.45) is 0 Å². The Kier molecular flexibility index (Phi) is 4.24. The zero-order valence-corrected chi connectivity index (χ0v) is 11.4. The molecule has 0 saturated carbocycles. The van der Waals surface area contributed by atoms with Gasteiger partial charge in [-0.1, -0.05) is 37.6 Å². The summed E-state index contributed by atoms with van der Waals surface area (Å²) in [5.74, 6) is 0. The van der Waals surface area contributed by atoms with Crippen molar-refractivity contribution in [3.63, 3.8) is 0 Å². The molecule has 1 radical (unpaired) electrons. The van der Waals surface area contributed by atoms with Gasteiger partial charge in [0.15, 0.2) is 0 Å². The average Bonchev–Trinajstić information content (AvgIpc) is 2.40. The van der Waals surface area contributed by atoms with Gasteiger partial charge in [0.2, 0.25) is 0 Å². The van der Waals surface area contributed by atoms with Crippen LogP contribution in [-0.2, 0) is 0 Å². The molecule has 0 atom stereocenters. The summed E-state index contributed by atoms with van der Waals surface area (Å²) in [6.45, 7) is 10.8. The first-order valence-electron chi connectivity index (χ1n) is 6.86. The van der Waals surface area contributed by atoms with Crippen LogP contribution in [0.5, 0.6) is 0 Å². The molecule has 0 heterocycles. The molecule has 0 N–H and O–H groups in total. The lowest BCUT2D eigenvalue weighted by Crippen LogP contribution is -2.24. The Balaban J connectivity index is 2.39. The first-order valence-corrected chi connectivity index (χ1v) is 6.86. The molecule has 2 aromatic rings. The van der Waals surface area contributed by atoms with Gasteiger partial charge in [0, 0.05) is 18.8 Å². The van der Waals surface area contributed by atoms with E-state index in [4.69, 9.17) is 0 Å². The van der Waals surface area contributed by atoms with Gasteiger partial charge in [-0.05, 0) is 48.7 Å². The average molecular weight is 240 g/mol. The fraction of sp³-hybridized carbons (Fsp3) is 0.353. The maximum absolute atomic E-state index is 4.21. The van der Waals surface area contributed by atoms with Crippen molar-refractivity contribution >= 4 is 16.5 Å². The second-order valence-electron chi connectivity index (χ2n) is 4.76. The summed E-state index contributed by atoms with van der Waals surface area (Å²) in [5, 5.41) is 2.58. The Morgan fingerprint density at radius 1 is 1.06 bits per heavy atom. The minimum atomic E-state index is 1.04. The van der Waals surface area contributed by atoms with Crippen LogP contribution in [0.2, 0.25) is 0 Å². The number of fused-ring (bicyclic) bond motifs is 1. The molecular weight excluding hydrogens is 218 g/mol. The summed E-state index contributed by atoms with van der Waals surface area (Å²) in [6.07, 6.45) is 2.47. The topological polar surface area (TPSA) is 3.24 Å². The molecule has 18 heavy (non-hydrogen) atoms. The molecule has 0 aliphatic carbocycles. The normalized spacial score (nSPS) is 10.8. The Morgan fingerprint density at radius 2 is 1.72 bits per heavy atom. The molecule has 0 unspecified atom stereocenters. The van der Waals surface area contributed by atoms with Crippen LogP contribution in [-0.4, -0.2) is 13.1 Å². The third-order valence-corrected chi connectivity index (χ3v) is 3.45. The first-order chi connectivity index (χ1) is 8.76. The zero-order valence-electron chi connectivity index (χ0n) is 11.4. The van der Waals surface area contributed by atoms with Crippen LogP contribution in [0.3, 0.4) is 0 Å². The van der Waals surface area contributed by atoms with Crippen LogP contribution >= 0.6 is 0 Å². The summed E-state index contributed by atoms with van der Waals surface area (Å²) >= 11 is 0. The van der Waals surface area contributed by atoms with E-state index < -0.39 is 0 Å². The van der Waals surface area contributed by atoms with Gasteiger partial charge in [0.1, 0.15) is 0 Å². The summed E-state index contributed by atoms with van der Waals surface area (Å²) < 4.78 is 0. The van der Waals surface area contributed by atoms with E-state index >= 15 is 0 Å². The summed E-state index contributed by atoms with van der Waals surface area (Å²) in [7, 11) is 0. The Labute approximate surface area is 110 Å². The molecule has 0 saturated heterocycles. The second-order valence-corrected chi connectivity index (χ2v) is 4.76. The van der Waals surface area contributed by atoms with E-state index in [1.54, 1.807) is 0 Å². The molecule has 1 heteroatoms. The van der Waals surface area contributed by atoms with Gasteiger partial charge in [0.25, 0.3) is 0 Å². The molecule has 0 spiro atoms. The monoisotopic (exact) mass is 240 g/mol. The standard InChI is InChI=1S/C17H22N/c1-4-6-11-18(5-2)17-13-16-10-8-7-9-15(16)12-14(17)3/h7-10,12-13H,3-6,11H2,1-2H3. The van der Waals surface area contributed by atoms with Crippen molar-refractivity contribution in [2.75, 3.05) is 18.0 Å². The Bertz CT molecular complexity index is 516. The summed E-state index contributed by atoms with van der Waals surface area (Å²) in [5.41, 5.74) is 2.41. The maximum atomic E-state index is 4.21. The van der Waals surface area contributed by atoms with Crippen LogP contribution in [0, 0.1) is 6.92 Å². The smallest absolute Gasteiger partial charge is 0.0405 e. The predicted octanol–water partition coefficient (Wildman–Crippen LogP) is 4.65. The van der Waals surface area contributed by atoms with Crippen molar-refractivity contribution in [3.05, 3.63) is 48.9 Å². The third kappa shape index (κ3) is 2.66. The van der Waals surface area contributed by atoms with Crippen molar-refractivity contribution in [1.29, 1.82) is 0 Å². The van der Waals surface area contributed by atoms with Crippen LogP contribution in [0.4, 0.5) is 5.69 Å². The second kappa shape index (κ2) is 5.90. The number of anilines is 1. The molecular formula is C17H22N. The van der Waals surface area contributed by atoms with Gasteiger partial charge in [0.05, 0.1) is 0 Å². The number of rotatable bonds is 5. The third-order valence-electron chi connectivity index (χ3n) is 3.45. The fourth-order valence-electron chi connectivity index (χ4n) is 2.37. The number of hydrogen-bond acceptors (Lipinski definition) is 1. The van der Waals surface area contributed by atoms with Gasteiger partial charge in [-0.25, -0.2) is 0 Å². The van der Waals surface area contributed by atoms with Gasteiger partial charge in [-0.3, -0.25) is 0 Å². The van der Waals surface area contributed by atoms with E-state index in [2.05, 4.69) is 62.1 Å². The highest BCUT2D eigenvalue weighted by atomic mass is 15.1. The van der Waals surface area contributed by atoms with Gasteiger partial charge >= 0.3 is 0 Å². The minimum Gasteiger partial charge on any atom is -0.372 e. The fourth-order valence-corrected chi connectivity index (χ4v) is 2.37. The molecule has 2 rings (SSSR count). The lowest BCUT2D eigenvalue weighted by Gasteiger charge is -2.25. The van der Waals surface area contributed by atoms with Gasteiger partial charge in [-0.2, -0.15) is 0 Å². The number of hydrogen-bond donors (Lipinski definition) is 0. The van der Waals surface area contributed by atoms with E-state index in [0.717, 1.165) is 18.7 Å². The largest absolute Gasteiger partial charge is 0.372 e. The van der Waals surface area contributed by atoms with E-state index in [1.807, 2.05) is 0 Å². The van der Waals surface area contributed by atoms with Crippen molar-refractivity contribution in [2.45, 2.75) is 26.7 Å². The van der Waals surface area contributed by atoms with E-state index in [-0.39, 0.29) is 0 Å². The molecule has 0 aromatic heterocycles. The zero-order chi connectivity index (χ0) is 13.0. The predicted molar refractivity (Wildman–Crippen MR) is 81.2 cm³/mol. The Morgan fingerprint density at radius 3 is 2.33 bits per heavy atom. The number of benzene rings is 2. The summed E-state index contributed by atoms with van der Waals surface area (Å²) in [6, 6.07) is 13.0. The van der Waals surface area contributed by atoms with Crippen LogP contribution < -0.4 is 4.90 Å². The number of unbranched alkanes of at least 4 members (excludes halogenated alkanes) is 1. The maximum Gasteiger partial charge on any atom is 0.0405 e. The van der Waals surface area contributed by atoms with Gasteiger partial charge < -0.3 is 4.90 Å². The molecule has 0 fully saturated rings. The van der Waals surface area contributed by atoms with Crippen molar-refractivity contribution < 1.29 is 0 Å². The van der Waals surface area contributed by atoms with Crippen molar-refractivity contribution in [3.8, 4) is 0 Å². The first kappa shape index (κ1) is 12.9. The lowest BCUT2D eigenvalue weighted by atomic mass is 10.0. The highest BCUT2D eigenvalue weighted by Crippen LogP contribution is 2.26. The molecule has 95 valence electrons. The molecule has 1 nitrogen and oxygen atoms in total. The SMILES string of the molecule is [CH2]c1cc2ccccc2cc1N(CC)CCCC. The molecule has 0 amide bonds. The number of nitrogens with zero attached hydrogens (tertiary/aromatic N) is 1. The van der Waals surface area contributed by atoms with E-state index in [1.165, 1.54) is 29.3 Å². The summed E-state index contributed by atoms with van der Waals surface area (Å²) in [4.78, 5) is 2.43. The molecule has 2 aromatic carbocycles. The highest BCUT2D eigenvalue weighted by Gasteiger charge is 2.08. The minimum absolute atomic E-state index is 1.04. The highest BCUT2D eigenvalue weighted by molar-refractivity contribution is 5.87. The molecule has 0 aliphatic rings. The van der Waals surface area contributed by atoms with E-state index in [0.29, 0.717) is 0 Å². The lowest BCUT2D eigenvalue weighted by molar-refractivity contribution is 0.732. The Hall–Kier alpha value is -1.50. The van der Waals surface area contributed by atoms with Gasteiger partial charge in [-0.15, -0.1) is 0 Å². The van der Waals surface area contributed by atoms with Crippen molar-refractivity contribution in [1.82, 2.24) is 0 Å². The quantitative estimate of drug-likeness (QED) is 0.735. The van der Waals surface area contributed by atoms with Crippen LogP contribution in [0.15, 0.2) is 36.4 Å². The van der Waals surface area contributed by atoms with Crippen LogP contribution in [0.25, 0.3) is 10.8 Å². The van der Waals surface area contributed by atoms with E-state index in [9.17, 15) is 0 Å². The molecule has 0 aliphatic heterocycles.